The second kappa shape index (κ2) is 4.83. The average Bonchev–Trinajstić information content (AvgIpc) is 2.28. The van der Waals surface area contributed by atoms with E-state index in [-0.39, 0.29) is 6.61 Å². The summed E-state index contributed by atoms with van der Waals surface area (Å²) >= 11 is 11.8. The molecule has 1 aromatic carbocycles. The predicted molar refractivity (Wildman–Crippen MR) is 65.6 cm³/mol. The molecule has 1 N–H and O–H groups in total. The van der Waals surface area contributed by atoms with Crippen LogP contribution in [0.5, 0.6) is 0 Å². The molecule has 0 unspecified atom stereocenters. The van der Waals surface area contributed by atoms with Crippen LogP contribution in [0.3, 0.4) is 0 Å². The first-order valence-electron chi connectivity index (χ1n) is 4.72. The summed E-state index contributed by atoms with van der Waals surface area (Å²) in [6.45, 7) is -0.0597. The quantitative estimate of drug-likeness (QED) is 0.831. The van der Waals surface area contributed by atoms with Gasteiger partial charge in [0.1, 0.15) is 5.15 Å². The summed E-state index contributed by atoms with van der Waals surface area (Å²) in [5.41, 5.74) is 2.32. The summed E-state index contributed by atoms with van der Waals surface area (Å²) in [6.07, 6.45) is 0. The van der Waals surface area contributed by atoms with E-state index < -0.39 is 0 Å². The molecule has 0 saturated carbocycles. The van der Waals surface area contributed by atoms with Crippen LogP contribution in [0.15, 0.2) is 36.4 Å². The van der Waals surface area contributed by atoms with Crippen LogP contribution in [0.4, 0.5) is 0 Å². The van der Waals surface area contributed by atoms with Gasteiger partial charge in [-0.2, -0.15) is 0 Å². The molecule has 0 radical (unpaired) electrons. The van der Waals surface area contributed by atoms with E-state index >= 15 is 0 Å². The molecule has 0 spiro atoms. The lowest BCUT2D eigenvalue weighted by molar-refractivity contribution is 0.282. The van der Waals surface area contributed by atoms with Crippen molar-refractivity contribution in [2.24, 2.45) is 0 Å². The van der Waals surface area contributed by atoms with E-state index in [1.807, 2.05) is 12.1 Å². The predicted octanol–water partition coefficient (Wildman–Crippen LogP) is 3.55. The Bertz CT molecular complexity index is 514. The maximum Gasteiger partial charge on any atom is 0.130 e. The molecule has 0 saturated heterocycles. The van der Waals surface area contributed by atoms with Crippen molar-refractivity contribution in [2.45, 2.75) is 6.61 Å². The fraction of sp³-hybridized carbons (Fsp3) is 0.0833. The highest BCUT2D eigenvalue weighted by Gasteiger charge is 2.04. The molecule has 1 heterocycles. The Hall–Kier alpha value is -1.09. The fourth-order valence-corrected chi connectivity index (χ4v) is 1.86. The van der Waals surface area contributed by atoms with Gasteiger partial charge in [0.25, 0.3) is 0 Å². The van der Waals surface area contributed by atoms with Crippen LogP contribution in [0.1, 0.15) is 5.56 Å². The minimum absolute atomic E-state index is 0.0597. The number of halogens is 2. The standard InChI is InChI=1S/C12H9Cl2NO/c13-10-3-1-2-9(6-10)11-4-8(7-16)5-12(14)15-11/h1-6,16H,7H2. The van der Waals surface area contributed by atoms with Gasteiger partial charge in [0.15, 0.2) is 0 Å². The van der Waals surface area contributed by atoms with Crippen molar-refractivity contribution >= 4 is 23.2 Å². The molecule has 0 fully saturated rings. The maximum absolute atomic E-state index is 9.08. The highest BCUT2D eigenvalue weighted by molar-refractivity contribution is 6.31. The largest absolute Gasteiger partial charge is 0.392 e. The van der Waals surface area contributed by atoms with Gasteiger partial charge in [-0.15, -0.1) is 0 Å². The average molecular weight is 254 g/mol. The van der Waals surface area contributed by atoms with E-state index in [2.05, 4.69) is 4.98 Å². The summed E-state index contributed by atoms with van der Waals surface area (Å²) in [7, 11) is 0. The molecule has 0 aliphatic rings. The second-order valence-electron chi connectivity index (χ2n) is 3.35. The SMILES string of the molecule is OCc1cc(Cl)nc(-c2cccc(Cl)c2)c1. The summed E-state index contributed by atoms with van der Waals surface area (Å²) < 4.78 is 0. The molecular weight excluding hydrogens is 245 g/mol. The molecule has 82 valence electrons. The number of pyridine rings is 1. The number of nitrogens with zero attached hydrogens (tertiary/aromatic N) is 1. The molecule has 1 aromatic heterocycles. The molecule has 16 heavy (non-hydrogen) atoms. The van der Waals surface area contributed by atoms with Crippen LogP contribution in [-0.4, -0.2) is 10.1 Å². The van der Waals surface area contributed by atoms with Gasteiger partial charge in [0.05, 0.1) is 12.3 Å². The molecule has 2 nitrogen and oxygen atoms in total. The van der Waals surface area contributed by atoms with Crippen molar-refractivity contribution in [1.82, 2.24) is 4.98 Å². The smallest absolute Gasteiger partial charge is 0.130 e. The highest BCUT2D eigenvalue weighted by atomic mass is 35.5. The first-order chi connectivity index (χ1) is 7.69. The normalized spacial score (nSPS) is 10.4. The van der Waals surface area contributed by atoms with E-state index in [0.717, 1.165) is 11.1 Å². The fourth-order valence-electron chi connectivity index (χ4n) is 1.44. The lowest BCUT2D eigenvalue weighted by atomic mass is 10.1. The summed E-state index contributed by atoms with van der Waals surface area (Å²) in [5, 5.41) is 10.1. The van der Waals surface area contributed by atoms with E-state index in [0.29, 0.717) is 15.9 Å². The zero-order chi connectivity index (χ0) is 11.5. The Balaban J connectivity index is 2.51. The van der Waals surface area contributed by atoms with Gasteiger partial charge in [0.2, 0.25) is 0 Å². The van der Waals surface area contributed by atoms with Crippen LogP contribution in [0.25, 0.3) is 11.3 Å². The molecule has 0 amide bonds. The lowest BCUT2D eigenvalue weighted by Crippen LogP contribution is -1.89. The number of aromatic nitrogens is 1. The van der Waals surface area contributed by atoms with E-state index in [1.54, 1.807) is 24.3 Å². The van der Waals surface area contributed by atoms with Crippen molar-refractivity contribution in [1.29, 1.82) is 0 Å². The highest BCUT2D eigenvalue weighted by Crippen LogP contribution is 2.23. The second-order valence-corrected chi connectivity index (χ2v) is 4.18. The third kappa shape index (κ3) is 2.53. The van der Waals surface area contributed by atoms with Crippen LogP contribution >= 0.6 is 23.2 Å². The number of hydrogen-bond acceptors (Lipinski definition) is 2. The molecule has 4 heteroatoms. The van der Waals surface area contributed by atoms with Gasteiger partial charge in [-0.05, 0) is 29.8 Å². The topological polar surface area (TPSA) is 33.1 Å². The zero-order valence-electron chi connectivity index (χ0n) is 8.32. The Labute approximate surface area is 103 Å². The van der Waals surface area contributed by atoms with Gasteiger partial charge in [0, 0.05) is 10.6 Å². The Kier molecular flexibility index (Phi) is 3.44. The van der Waals surface area contributed by atoms with Gasteiger partial charge in [-0.25, -0.2) is 4.98 Å². The van der Waals surface area contributed by atoms with E-state index in [1.165, 1.54) is 0 Å². The van der Waals surface area contributed by atoms with Crippen molar-refractivity contribution < 1.29 is 5.11 Å². The first-order valence-corrected chi connectivity index (χ1v) is 5.48. The minimum Gasteiger partial charge on any atom is -0.392 e. The van der Waals surface area contributed by atoms with Gasteiger partial charge >= 0.3 is 0 Å². The molecule has 0 atom stereocenters. The molecule has 0 aliphatic heterocycles. The van der Waals surface area contributed by atoms with Crippen molar-refractivity contribution in [3.05, 3.63) is 52.1 Å². The van der Waals surface area contributed by atoms with Gasteiger partial charge < -0.3 is 5.11 Å². The van der Waals surface area contributed by atoms with Crippen molar-refractivity contribution in [3.8, 4) is 11.3 Å². The molecule has 2 rings (SSSR count). The van der Waals surface area contributed by atoms with Crippen molar-refractivity contribution in [2.75, 3.05) is 0 Å². The third-order valence-electron chi connectivity index (χ3n) is 2.16. The molecule has 2 aromatic rings. The lowest BCUT2D eigenvalue weighted by Gasteiger charge is -2.04. The molecule has 0 bridgehead atoms. The van der Waals surface area contributed by atoms with Crippen LogP contribution in [0.2, 0.25) is 10.2 Å². The van der Waals surface area contributed by atoms with Gasteiger partial charge in [-0.3, -0.25) is 0 Å². The summed E-state index contributed by atoms with van der Waals surface area (Å²) in [5.74, 6) is 0. The first kappa shape index (κ1) is 11.4. The third-order valence-corrected chi connectivity index (χ3v) is 2.59. The zero-order valence-corrected chi connectivity index (χ0v) is 9.83. The Morgan fingerprint density at radius 3 is 2.62 bits per heavy atom. The monoisotopic (exact) mass is 253 g/mol. The number of benzene rings is 1. The molecule has 0 aliphatic carbocycles. The van der Waals surface area contributed by atoms with Crippen molar-refractivity contribution in [3.63, 3.8) is 0 Å². The number of hydrogen-bond donors (Lipinski definition) is 1. The van der Waals surface area contributed by atoms with Gasteiger partial charge in [-0.1, -0.05) is 35.3 Å². The van der Waals surface area contributed by atoms with Crippen LogP contribution < -0.4 is 0 Å². The minimum atomic E-state index is -0.0597. The van der Waals surface area contributed by atoms with E-state index in [9.17, 15) is 0 Å². The summed E-state index contributed by atoms with van der Waals surface area (Å²) in [6, 6.07) is 10.8. The van der Waals surface area contributed by atoms with Crippen LogP contribution in [0, 0.1) is 0 Å². The van der Waals surface area contributed by atoms with E-state index in [4.69, 9.17) is 28.3 Å². The molecular formula is C12H9Cl2NO. The number of aliphatic hydroxyl groups excluding tert-OH is 1. The number of aliphatic hydroxyl groups is 1. The Morgan fingerprint density at radius 1 is 1.12 bits per heavy atom. The van der Waals surface area contributed by atoms with Crippen LogP contribution in [-0.2, 0) is 6.61 Å². The maximum atomic E-state index is 9.08. The number of rotatable bonds is 2. The summed E-state index contributed by atoms with van der Waals surface area (Å²) in [4.78, 5) is 4.19. The Morgan fingerprint density at radius 2 is 1.94 bits per heavy atom.